The van der Waals surface area contributed by atoms with Crippen molar-refractivity contribution in [3.05, 3.63) is 23.8 Å². The number of methoxy groups -OCH3 is 3. The molecule has 6 nitrogen and oxygen atoms in total. The van der Waals surface area contributed by atoms with E-state index in [0.29, 0.717) is 17.1 Å². The minimum atomic E-state index is -1.27. The van der Waals surface area contributed by atoms with Gasteiger partial charge in [0.05, 0.1) is 27.4 Å². The zero-order valence-electron chi connectivity index (χ0n) is 10.8. The molecule has 0 heterocycles. The van der Waals surface area contributed by atoms with E-state index >= 15 is 0 Å². The van der Waals surface area contributed by atoms with Gasteiger partial charge in [0.15, 0.2) is 0 Å². The molecule has 0 bridgehead atoms. The Kier molecular flexibility index (Phi) is 4.89. The molecule has 0 spiro atoms. The van der Waals surface area contributed by atoms with Crippen molar-refractivity contribution in [2.45, 2.75) is 5.92 Å². The van der Waals surface area contributed by atoms with Gasteiger partial charge < -0.3 is 14.2 Å². The van der Waals surface area contributed by atoms with Crippen molar-refractivity contribution >= 4 is 11.8 Å². The van der Waals surface area contributed by atoms with E-state index in [2.05, 4.69) is 4.74 Å². The van der Waals surface area contributed by atoms with E-state index in [1.807, 2.05) is 0 Å². The molecular weight excluding hydrogens is 250 g/mol. The largest absolute Gasteiger partial charge is 0.497 e. The molecule has 1 atom stereocenters. The third kappa shape index (κ3) is 3.01. The zero-order valence-corrected chi connectivity index (χ0v) is 10.8. The van der Waals surface area contributed by atoms with Gasteiger partial charge in [-0.05, 0) is 12.1 Å². The van der Waals surface area contributed by atoms with E-state index in [4.69, 9.17) is 14.7 Å². The van der Waals surface area contributed by atoms with Crippen LogP contribution in [0, 0.1) is 11.3 Å². The van der Waals surface area contributed by atoms with Crippen molar-refractivity contribution in [2.75, 3.05) is 21.3 Å². The Bertz CT molecular complexity index is 532. The summed E-state index contributed by atoms with van der Waals surface area (Å²) < 4.78 is 14.4. The highest BCUT2D eigenvalue weighted by Gasteiger charge is 2.30. The van der Waals surface area contributed by atoms with Gasteiger partial charge in [0.25, 0.3) is 5.78 Å². The monoisotopic (exact) mass is 263 g/mol. The average molecular weight is 263 g/mol. The summed E-state index contributed by atoms with van der Waals surface area (Å²) in [6, 6.07) is 6.39. The summed E-state index contributed by atoms with van der Waals surface area (Å²) in [5.41, 5.74) is 0.293. The molecule has 6 heteroatoms. The molecule has 1 unspecified atom stereocenters. The Hall–Kier alpha value is -2.55. The van der Waals surface area contributed by atoms with Crippen LogP contribution in [0.25, 0.3) is 0 Å². The molecule has 19 heavy (non-hydrogen) atoms. The smallest absolute Gasteiger partial charge is 0.376 e. The predicted molar refractivity (Wildman–Crippen MR) is 64.9 cm³/mol. The normalized spacial score (nSPS) is 11.1. The summed E-state index contributed by atoms with van der Waals surface area (Å²) in [7, 11) is 3.96. The number of nitriles is 1. The van der Waals surface area contributed by atoms with Crippen LogP contribution >= 0.6 is 0 Å². The fourth-order valence-electron chi connectivity index (χ4n) is 1.54. The summed E-state index contributed by atoms with van der Waals surface area (Å²) in [6.45, 7) is 0. The van der Waals surface area contributed by atoms with Gasteiger partial charge >= 0.3 is 5.97 Å². The number of Topliss-reactive ketones (excluding diaryl/α,β-unsaturated/α-hetero) is 1. The maximum absolute atomic E-state index is 11.7. The first-order valence-corrected chi connectivity index (χ1v) is 5.32. The molecule has 100 valence electrons. The van der Waals surface area contributed by atoms with Crippen LogP contribution in [0.15, 0.2) is 18.2 Å². The second-order valence-electron chi connectivity index (χ2n) is 3.53. The van der Waals surface area contributed by atoms with Crippen LogP contribution in [-0.2, 0) is 14.3 Å². The standard InChI is InChI=1S/C13H13NO5/c1-17-8-4-5-9(11(6-8)18-2)10(7-14)12(15)13(16)19-3/h4-6,10H,1-3H3. The number of esters is 1. The third-order valence-electron chi connectivity index (χ3n) is 2.53. The van der Waals surface area contributed by atoms with Crippen LogP contribution in [0.2, 0.25) is 0 Å². The van der Waals surface area contributed by atoms with Crippen molar-refractivity contribution in [3.63, 3.8) is 0 Å². The molecule has 0 fully saturated rings. The Morgan fingerprint density at radius 2 is 1.89 bits per heavy atom. The first-order chi connectivity index (χ1) is 9.08. The van der Waals surface area contributed by atoms with E-state index in [-0.39, 0.29) is 0 Å². The Morgan fingerprint density at radius 1 is 1.21 bits per heavy atom. The maximum Gasteiger partial charge on any atom is 0.376 e. The van der Waals surface area contributed by atoms with Gasteiger partial charge in [0.1, 0.15) is 17.4 Å². The summed E-state index contributed by atoms with van der Waals surface area (Å²) in [5, 5.41) is 9.08. The van der Waals surface area contributed by atoms with E-state index in [1.165, 1.54) is 26.4 Å². The van der Waals surface area contributed by atoms with Crippen LogP contribution < -0.4 is 9.47 Å². The SMILES string of the molecule is COC(=O)C(=O)C(C#N)c1ccc(OC)cc1OC. The molecule has 0 saturated heterocycles. The Balaban J connectivity index is 3.23. The third-order valence-corrected chi connectivity index (χ3v) is 2.53. The van der Waals surface area contributed by atoms with Crippen LogP contribution in [0.3, 0.4) is 0 Å². The zero-order chi connectivity index (χ0) is 14.4. The Labute approximate surface area is 110 Å². The quantitative estimate of drug-likeness (QED) is 0.583. The average Bonchev–Trinajstić information content (AvgIpc) is 2.47. The molecule has 0 aliphatic carbocycles. The van der Waals surface area contributed by atoms with Crippen molar-refractivity contribution in [1.82, 2.24) is 0 Å². The second-order valence-corrected chi connectivity index (χ2v) is 3.53. The van der Waals surface area contributed by atoms with Gasteiger partial charge in [-0.3, -0.25) is 4.79 Å². The first kappa shape index (κ1) is 14.5. The molecular formula is C13H13NO5. The van der Waals surface area contributed by atoms with Gasteiger partial charge in [-0.2, -0.15) is 5.26 Å². The molecule has 0 amide bonds. The molecule has 1 aromatic rings. The number of carbonyl (C=O) groups is 2. The van der Waals surface area contributed by atoms with Gasteiger partial charge in [-0.15, -0.1) is 0 Å². The fraction of sp³-hybridized carbons (Fsp3) is 0.308. The molecule has 0 aliphatic heterocycles. The topological polar surface area (TPSA) is 85.6 Å². The number of hydrogen-bond acceptors (Lipinski definition) is 6. The maximum atomic E-state index is 11.7. The highest BCUT2D eigenvalue weighted by molar-refractivity contribution is 6.36. The van der Waals surface area contributed by atoms with Crippen molar-refractivity contribution in [3.8, 4) is 17.6 Å². The van der Waals surface area contributed by atoms with E-state index in [9.17, 15) is 9.59 Å². The minimum Gasteiger partial charge on any atom is -0.497 e. The lowest BCUT2D eigenvalue weighted by atomic mass is 9.95. The number of ether oxygens (including phenoxy) is 3. The highest BCUT2D eigenvalue weighted by atomic mass is 16.5. The van der Waals surface area contributed by atoms with Crippen molar-refractivity contribution in [2.24, 2.45) is 0 Å². The van der Waals surface area contributed by atoms with E-state index in [1.54, 1.807) is 12.1 Å². The molecule has 0 N–H and O–H groups in total. The van der Waals surface area contributed by atoms with Gasteiger partial charge in [-0.1, -0.05) is 0 Å². The number of ketones is 1. The fourth-order valence-corrected chi connectivity index (χ4v) is 1.54. The lowest BCUT2D eigenvalue weighted by Gasteiger charge is -2.13. The minimum absolute atomic E-state index is 0.293. The van der Waals surface area contributed by atoms with E-state index < -0.39 is 17.7 Å². The molecule has 0 radical (unpaired) electrons. The molecule has 0 aromatic heterocycles. The summed E-state index contributed by atoms with van der Waals surface area (Å²) in [6.07, 6.45) is 0. The van der Waals surface area contributed by atoms with Crippen molar-refractivity contribution in [1.29, 1.82) is 5.26 Å². The molecule has 1 rings (SSSR count). The lowest BCUT2D eigenvalue weighted by molar-refractivity contribution is -0.151. The summed E-state index contributed by atoms with van der Waals surface area (Å²) in [4.78, 5) is 23.0. The first-order valence-electron chi connectivity index (χ1n) is 5.32. The molecule has 0 saturated carbocycles. The van der Waals surface area contributed by atoms with Crippen LogP contribution in [0.5, 0.6) is 11.5 Å². The van der Waals surface area contributed by atoms with E-state index in [0.717, 1.165) is 7.11 Å². The molecule has 0 aliphatic rings. The number of carbonyl (C=O) groups excluding carboxylic acids is 2. The molecule has 1 aromatic carbocycles. The number of rotatable bonds is 5. The predicted octanol–water partition coefficient (Wildman–Crippen LogP) is 1.05. The van der Waals surface area contributed by atoms with Gasteiger partial charge in [0.2, 0.25) is 0 Å². The summed E-state index contributed by atoms with van der Waals surface area (Å²) in [5.74, 6) is -2.46. The van der Waals surface area contributed by atoms with Crippen LogP contribution in [0.4, 0.5) is 0 Å². The highest BCUT2D eigenvalue weighted by Crippen LogP contribution is 2.31. The Morgan fingerprint density at radius 3 is 2.37 bits per heavy atom. The number of nitrogens with zero attached hydrogens (tertiary/aromatic N) is 1. The van der Waals surface area contributed by atoms with Crippen LogP contribution in [-0.4, -0.2) is 33.1 Å². The summed E-state index contributed by atoms with van der Waals surface area (Å²) >= 11 is 0. The second kappa shape index (κ2) is 6.40. The number of hydrogen-bond donors (Lipinski definition) is 0. The van der Waals surface area contributed by atoms with Crippen molar-refractivity contribution < 1.29 is 23.8 Å². The number of benzene rings is 1. The lowest BCUT2D eigenvalue weighted by Crippen LogP contribution is -2.22. The van der Waals surface area contributed by atoms with Gasteiger partial charge in [-0.25, -0.2) is 4.79 Å². The van der Waals surface area contributed by atoms with Gasteiger partial charge in [0, 0.05) is 11.6 Å². The van der Waals surface area contributed by atoms with Crippen LogP contribution in [0.1, 0.15) is 11.5 Å².